The van der Waals surface area contributed by atoms with Crippen LogP contribution in [0.5, 0.6) is 0 Å². The molecule has 2 aromatic rings. The number of aryl methyl sites for hydroxylation is 1. The number of aromatic nitrogens is 2. The Morgan fingerprint density at radius 3 is 2.70 bits per heavy atom. The summed E-state index contributed by atoms with van der Waals surface area (Å²) in [5, 5.41) is 0.710. The van der Waals surface area contributed by atoms with Crippen molar-refractivity contribution in [3.63, 3.8) is 0 Å². The summed E-state index contributed by atoms with van der Waals surface area (Å²) in [5.41, 5.74) is 1.62. The minimum Gasteiger partial charge on any atom is -0.337 e. The monoisotopic (exact) mass is 428 g/mol. The second kappa shape index (κ2) is 9.52. The molecule has 1 aromatic carbocycles. The smallest absolute Gasteiger partial charge is 0.274 e. The highest BCUT2D eigenvalue weighted by molar-refractivity contribution is 6.30. The molecular weight excluding hydrogens is 396 g/mol. The molecule has 30 heavy (non-hydrogen) atoms. The maximum atomic E-state index is 13.4. The van der Waals surface area contributed by atoms with E-state index in [1.54, 1.807) is 6.33 Å². The molecule has 5 nitrogen and oxygen atoms in total. The second-order valence-corrected chi connectivity index (χ2v) is 9.35. The van der Waals surface area contributed by atoms with Crippen LogP contribution in [0.1, 0.15) is 49.2 Å². The van der Waals surface area contributed by atoms with Gasteiger partial charge in [0.25, 0.3) is 5.91 Å². The molecule has 1 aromatic heterocycles. The quantitative estimate of drug-likeness (QED) is 0.556. The maximum absolute atomic E-state index is 13.4. The third-order valence-corrected chi connectivity index (χ3v) is 6.83. The predicted molar refractivity (Wildman–Crippen MR) is 121 cm³/mol. The molecule has 1 aliphatic heterocycles. The van der Waals surface area contributed by atoms with E-state index in [0.29, 0.717) is 23.2 Å². The molecule has 162 valence electrons. The first-order valence-corrected chi connectivity index (χ1v) is 11.7. The highest BCUT2D eigenvalue weighted by Gasteiger charge is 2.55. The normalized spacial score (nSPS) is 22.8. The number of imidazole rings is 1. The van der Waals surface area contributed by atoms with E-state index in [2.05, 4.69) is 23.7 Å². The number of hydrogen-bond acceptors (Lipinski definition) is 3. The molecule has 0 spiro atoms. The lowest BCUT2D eigenvalue weighted by molar-refractivity contribution is 0.0719. The van der Waals surface area contributed by atoms with Crippen molar-refractivity contribution in [2.75, 3.05) is 26.2 Å². The lowest BCUT2D eigenvalue weighted by Crippen LogP contribution is -2.35. The number of nitrogens with zero attached hydrogens (tertiary/aromatic N) is 4. The summed E-state index contributed by atoms with van der Waals surface area (Å²) >= 11 is 6.19. The van der Waals surface area contributed by atoms with Gasteiger partial charge < -0.3 is 14.4 Å². The summed E-state index contributed by atoms with van der Waals surface area (Å²) in [5.74, 6) is 2.13. The number of unbranched alkanes of at least 4 members (excludes halogenated alkanes) is 1. The zero-order valence-electron chi connectivity index (χ0n) is 18.1. The van der Waals surface area contributed by atoms with Crippen LogP contribution in [-0.4, -0.2) is 51.4 Å². The molecule has 2 aliphatic rings. The van der Waals surface area contributed by atoms with Crippen molar-refractivity contribution in [1.82, 2.24) is 19.4 Å². The lowest BCUT2D eigenvalue weighted by atomic mass is 10.1. The fourth-order valence-corrected chi connectivity index (χ4v) is 5.14. The number of amides is 1. The average Bonchev–Trinajstić information content (AvgIpc) is 3.09. The Hall–Kier alpha value is -1.85. The number of rotatable bonds is 10. The number of carbonyl (C=O) groups excluding carboxylic acids is 1. The second-order valence-electron chi connectivity index (χ2n) is 8.92. The van der Waals surface area contributed by atoms with Crippen molar-refractivity contribution in [2.45, 2.75) is 46.2 Å². The van der Waals surface area contributed by atoms with Crippen molar-refractivity contribution in [3.05, 3.63) is 53.1 Å². The molecule has 2 unspecified atom stereocenters. The third kappa shape index (κ3) is 4.89. The van der Waals surface area contributed by atoms with E-state index in [0.717, 1.165) is 43.3 Å². The van der Waals surface area contributed by atoms with Gasteiger partial charge in [-0.1, -0.05) is 44.0 Å². The Kier molecular flexibility index (Phi) is 6.79. The van der Waals surface area contributed by atoms with E-state index in [1.807, 2.05) is 39.9 Å². The fraction of sp³-hybridized carbons (Fsp3) is 0.583. The summed E-state index contributed by atoms with van der Waals surface area (Å²) < 4.78 is 2.03. The molecule has 1 aliphatic carbocycles. The third-order valence-electron chi connectivity index (χ3n) is 6.59. The maximum Gasteiger partial charge on any atom is 0.274 e. The van der Waals surface area contributed by atoms with Crippen molar-refractivity contribution in [3.8, 4) is 0 Å². The van der Waals surface area contributed by atoms with Gasteiger partial charge in [0.05, 0.1) is 6.33 Å². The Balaban J connectivity index is 1.45. The van der Waals surface area contributed by atoms with Crippen LogP contribution in [0.4, 0.5) is 0 Å². The fourth-order valence-electron chi connectivity index (χ4n) is 4.93. The van der Waals surface area contributed by atoms with Crippen LogP contribution in [0.3, 0.4) is 0 Å². The summed E-state index contributed by atoms with van der Waals surface area (Å²) in [6.45, 7) is 10.3. The van der Waals surface area contributed by atoms with Gasteiger partial charge in [-0.15, -0.1) is 0 Å². The van der Waals surface area contributed by atoms with Gasteiger partial charge >= 0.3 is 0 Å². The molecule has 2 fully saturated rings. The van der Waals surface area contributed by atoms with Gasteiger partial charge in [-0.3, -0.25) is 4.79 Å². The van der Waals surface area contributed by atoms with E-state index in [-0.39, 0.29) is 5.91 Å². The number of likely N-dealkylation sites (tertiary alicyclic amines) is 1. The molecule has 0 bridgehead atoms. The Bertz CT molecular complexity index is 854. The summed E-state index contributed by atoms with van der Waals surface area (Å²) in [6, 6.07) is 7.83. The predicted octanol–water partition coefficient (Wildman–Crippen LogP) is 4.57. The zero-order valence-corrected chi connectivity index (χ0v) is 18.9. The van der Waals surface area contributed by atoms with E-state index in [1.165, 1.54) is 26.1 Å². The molecule has 1 saturated carbocycles. The number of benzene rings is 1. The number of carbonyl (C=O) groups is 1. The van der Waals surface area contributed by atoms with Crippen LogP contribution in [0.25, 0.3) is 0 Å². The molecule has 6 heteroatoms. The standard InChI is InChI=1S/C24H33ClN4O/c1-3-5-10-28-16-23(26-17-28)24(30)29(12-18-7-6-8-19(25)11-18)15-22-20-13-27(9-4-2)14-21(20)22/h6-8,11,16-17,20-22H,3-5,9-10,12-15H2,1-2H3. The van der Waals surface area contributed by atoms with Gasteiger partial charge in [0.15, 0.2) is 0 Å². The van der Waals surface area contributed by atoms with E-state index < -0.39 is 0 Å². The van der Waals surface area contributed by atoms with Gasteiger partial charge in [-0.25, -0.2) is 4.98 Å². The Morgan fingerprint density at radius 2 is 2.00 bits per heavy atom. The lowest BCUT2D eigenvalue weighted by Gasteiger charge is -2.25. The summed E-state index contributed by atoms with van der Waals surface area (Å²) in [4.78, 5) is 22.4. The molecular formula is C24H33ClN4O. The van der Waals surface area contributed by atoms with E-state index in [9.17, 15) is 4.79 Å². The topological polar surface area (TPSA) is 41.4 Å². The minimum absolute atomic E-state index is 0.0283. The molecule has 1 amide bonds. The number of halogens is 1. The first-order chi connectivity index (χ1) is 14.6. The zero-order chi connectivity index (χ0) is 21.1. The molecule has 2 atom stereocenters. The molecule has 1 saturated heterocycles. The molecule has 0 radical (unpaired) electrons. The summed E-state index contributed by atoms with van der Waals surface area (Å²) in [7, 11) is 0. The van der Waals surface area contributed by atoms with Gasteiger partial charge in [-0.2, -0.15) is 0 Å². The number of piperidine rings is 1. The van der Waals surface area contributed by atoms with Crippen LogP contribution >= 0.6 is 11.6 Å². The molecule has 2 heterocycles. The van der Waals surface area contributed by atoms with Crippen molar-refractivity contribution in [1.29, 1.82) is 0 Å². The van der Waals surface area contributed by atoms with Crippen LogP contribution in [0.2, 0.25) is 5.02 Å². The van der Waals surface area contributed by atoms with Gasteiger partial charge in [0.1, 0.15) is 5.69 Å². The van der Waals surface area contributed by atoms with Crippen molar-refractivity contribution in [2.24, 2.45) is 17.8 Å². The van der Waals surface area contributed by atoms with E-state index >= 15 is 0 Å². The first kappa shape index (κ1) is 21.4. The largest absolute Gasteiger partial charge is 0.337 e. The van der Waals surface area contributed by atoms with Crippen LogP contribution < -0.4 is 0 Å². The molecule has 0 N–H and O–H groups in total. The Labute approximate surface area is 185 Å². The number of hydrogen-bond donors (Lipinski definition) is 0. The van der Waals surface area contributed by atoms with Crippen LogP contribution in [0, 0.1) is 17.8 Å². The van der Waals surface area contributed by atoms with Gasteiger partial charge in [0.2, 0.25) is 0 Å². The van der Waals surface area contributed by atoms with Crippen molar-refractivity contribution < 1.29 is 4.79 Å². The van der Waals surface area contributed by atoms with Gasteiger partial charge in [-0.05, 0) is 54.8 Å². The summed E-state index contributed by atoms with van der Waals surface area (Å²) in [6.07, 6.45) is 7.12. The van der Waals surface area contributed by atoms with Gasteiger partial charge in [0, 0.05) is 43.9 Å². The highest BCUT2D eigenvalue weighted by atomic mass is 35.5. The number of fused-ring (bicyclic) bond motifs is 1. The van der Waals surface area contributed by atoms with Crippen LogP contribution in [-0.2, 0) is 13.1 Å². The van der Waals surface area contributed by atoms with Crippen molar-refractivity contribution >= 4 is 17.5 Å². The Morgan fingerprint density at radius 1 is 1.20 bits per heavy atom. The first-order valence-electron chi connectivity index (χ1n) is 11.4. The average molecular weight is 429 g/mol. The highest BCUT2D eigenvalue weighted by Crippen LogP contribution is 2.52. The minimum atomic E-state index is 0.0283. The molecule has 4 rings (SSSR count). The van der Waals surface area contributed by atoms with E-state index in [4.69, 9.17) is 11.6 Å². The van der Waals surface area contributed by atoms with Crippen LogP contribution in [0.15, 0.2) is 36.8 Å². The SMILES string of the molecule is CCCCn1cnc(C(=O)N(Cc2cccc(Cl)c2)CC2C3CN(CCC)CC32)c1.